The molecule has 2 heterocycles. The maximum absolute atomic E-state index is 12.8. The van der Waals surface area contributed by atoms with Crippen molar-refractivity contribution in [2.75, 3.05) is 26.2 Å². The van der Waals surface area contributed by atoms with E-state index in [9.17, 15) is 13.2 Å². The van der Waals surface area contributed by atoms with Gasteiger partial charge < -0.3 is 4.90 Å². The van der Waals surface area contributed by atoms with Crippen molar-refractivity contribution in [1.82, 2.24) is 9.21 Å². The van der Waals surface area contributed by atoms with Crippen LogP contribution in [0.1, 0.15) is 38.2 Å². The van der Waals surface area contributed by atoms with Crippen LogP contribution in [-0.4, -0.2) is 49.7 Å². The lowest BCUT2D eigenvalue weighted by molar-refractivity contribution is -0.138. The minimum atomic E-state index is -3.32. The van der Waals surface area contributed by atoms with Gasteiger partial charge in [0, 0.05) is 38.0 Å². The van der Waals surface area contributed by atoms with Crippen LogP contribution in [-0.2, 0) is 20.6 Å². The molecule has 132 valence electrons. The summed E-state index contributed by atoms with van der Waals surface area (Å²) in [5, 5.41) is 0. The molecule has 2 aliphatic rings. The second-order valence-corrected chi connectivity index (χ2v) is 9.06. The Morgan fingerprint density at radius 1 is 1.12 bits per heavy atom. The van der Waals surface area contributed by atoms with Gasteiger partial charge in [-0.15, -0.1) is 0 Å². The summed E-state index contributed by atoms with van der Waals surface area (Å²) in [5.74, 6) is 0.257. The maximum atomic E-state index is 12.8. The van der Waals surface area contributed by atoms with Gasteiger partial charge in [-0.05, 0) is 31.7 Å². The summed E-state index contributed by atoms with van der Waals surface area (Å²) >= 11 is 0. The molecule has 1 spiro atoms. The normalized spacial score (nSPS) is 26.0. The molecule has 1 amide bonds. The minimum Gasteiger partial charge on any atom is -0.342 e. The predicted molar refractivity (Wildman–Crippen MR) is 93.8 cm³/mol. The Labute approximate surface area is 144 Å². The smallest absolute Gasteiger partial charge is 0.222 e. The van der Waals surface area contributed by atoms with Gasteiger partial charge >= 0.3 is 0 Å². The summed E-state index contributed by atoms with van der Waals surface area (Å²) in [6.45, 7) is 4.53. The van der Waals surface area contributed by atoms with Crippen molar-refractivity contribution in [3.05, 3.63) is 35.9 Å². The van der Waals surface area contributed by atoms with Gasteiger partial charge in [-0.3, -0.25) is 4.79 Å². The molecule has 1 aromatic rings. The fourth-order valence-electron chi connectivity index (χ4n) is 4.00. The third-order valence-corrected chi connectivity index (χ3v) is 7.14. The van der Waals surface area contributed by atoms with E-state index in [0.29, 0.717) is 32.6 Å². The van der Waals surface area contributed by atoms with Crippen molar-refractivity contribution >= 4 is 15.9 Å². The van der Waals surface area contributed by atoms with Crippen LogP contribution in [0.3, 0.4) is 0 Å². The van der Waals surface area contributed by atoms with E-state index >= 15 is 0 Å². The van der Waals surface area contributed by atoms with Crippen molar-refractivity contribution < 1.29 is 13.2 Å². The number of amides is 1. The van der Waals surface area contributed by atoms with E-state index in [1.807, 2.05) is 42.2 Å². The first-order chi connectivity index (χ1) is 11.4. The predicted octanol–water partition coefficient (Wildman–Crippen LogP) is 2.24. The van der Waals surface area contributed by atoms with Crippen molar-refractivity contribution in [3.63, 3.8) is 0 Å². The summed E-state index contributed by atoms with van der Waals surface area (Å²) in [6.07, 6.45) is 3.23. The molecule has 3 rings (SSSR count). The second-order valence-electron chi connectivity index (χ2n) is 7.09. The quantitative estimate of drug-likeness (QED) is 0.837. The molecular formula is C18H26N2O3S. The number of benzene rings is 1. The number of carbonyl (C=O) groups is 1. The molecule has 24 heavy (non-hydrogen) atoms. The van der Waals surface area contributed by atoms with Crippen LogP contribution in [0.4, 0.5) is 0 Å². The molecule has 0 unspecified atom stereocenters. The van der Waals surface area contributed by atoms with Gasteiger partial charge in [0.15, 0.2) is 0 Å². The molecule has 0 aliphatic carbocycles. The number of carbonyl (C=O) groups excluding carboxylic acids is 1. The van der Waals surface area contributed by atoms with Crippen molar-refractivity contribution in [1.29, 1.82) is 0 Å². The van der Waals surface area contributed by atoms with Crippen LogP contribution in [0.5, 0.6) is 0 Å². The van der Waals surface area contributed by atoms with E-state index in [4.69, 9.17) is 0 Å². The zero-order valence-electron chi connectivity index (χ0n) is 14.3. The topological polar surface area (TPSA) is 57.7 Å². The zero-order valence-corrected chi connectivity index (χ0v) is 15.1. The molecule has 0 bridgehead atoms. The van der Waals surface area contributed by atoms with E-state index in [0.717, 1.165) is 24.8 Å². The standard InChI is InChI=1S/C18H26N2O3S/c1-2-19-14-18(11-9-17(19)21)10-6-12-20(15-18)24(22,23)13-16-7-4-3-5-8-16/h3-5,7-8H,2,6,9-15H2,1H3/t18-/m0/s1. The monoisotopic (exact) mass is 350 g/mol. The molecule has 2 fully saturated rings. The molecule has 2 saturated heterocycles. The number of rotatable bonds is 4. The molecule has 0 saturated carbocycles. The highest BCUT2D eigenvalue weighted by atomic mass is 32.2. The summed E-state index contributed by atoms with van der Waals surface area (Å²) in [5.41, 5.74) is 0.762. The maximum Gasteiger partial charge on any atom is 0.222 e. The molecule has 0 N–H and O–H groups in total. The third-order valence-electron chi connectivity index (χ3n) is 5.34. The summed E-state index contributed by atoms with van der Waals surface area (Å²) in [7, 11) is -3.32. The average molecular weight is 350 g/mol. The average Bonchev–Trinajstić information content (AvgIpc) is 2.58. The molecule has 0 aromatic heterocycles. The summed E-state index contributed by atoms with van der Waals surface area (Å²) in [6, 6.07) is 9.35. The van der Waals surface area contributed by atoms with Crippen LogP contribution in [0.2, 0.25) is 0 Å². The Kier molecular flexibility index (Phi) is 4.97. The second kappa shape index (κ2) is 6.84. The molecule has 2 aliphatic heterocycles. The summed E-state index contributed by atoms with van der Waals surface area (Å²) < 4.78 is 27.3. The van der Waals surface area contributed by atoms with Crippen molar-refractivity contribution in [3.8, 4) is 0 Å². The van der Waals surface area contributed by atoms with E-state index in [2.05, 4.69) is 0 Å². The Bertz CT molecular complexity index is 689. The van der Waals surface area contributed by atoms with Gasteiger partial charge in [0.2, 0.25) is 15.9 Å². The van der Waals surface area contributed by atoms with Gasteiger partial charge in [-0.25, -0.2) is 12.7 Å². The Balaban J connectivity index is 1.74. The van der Waals surface area contributed by atoms with Crippen LogP contribution >= 0.6 is 0 Å². The lowest BCUT2D eigenvalue weighted by Crippen LogP contribution is -2.55. The van der Waals surface area contributed by atoms with Gasteiger partial charge in [0.1, 0.15) is 0 Å². The lowest BCUT2D eigenvalue weighted by atomic mass is 9.74. The fraction of sp³-hybridized carbons (Fsp3) is 0.611. The van der Waals surface area contributed by atoms with Crippen LogP contribution in [0.25, 0.3) is 0 Å². The zero-order chi connectivity index (χ0) is 17.2. The highest BCUT2D eigenvalue weighted by Crippen LogP contribution is 2.39. The van der Waals surface area contributed by atoms with Crippen molar-refractivity contribution in [2.45, 2.75) is 38.4 Å². The number of likely N-dealkylation sites (tertiary alicyclic amines) is 1. The highest BCUT2D eigenvalue weighted by Gasteiger charge is 2.43. The van der Waals surface area contributed by atoms with Crippen LogP contribution < -0.4 is 0 Å². The van der Waals surface area contributed by atoms with Crippen LogP contribution in [0, 0.1) is 5.41 Å². The fourth-order valence-corrected chi connectivity index (χ4v) is 5.67. The van der Waals surface area contributed by atoms with Gasteiger partial charge in [-0.1, -0.05) is 30.3 Å². The molecule has 5 nitrogen and oxygen atoms in total. The number of piperidine rings is 2. The largest absolute Gasteiger partial charge is 0.342 e. The molecule has 6 heteroatoms. The molecule has 1 aromatic carbocycles. The van der Waals surface area contributed by atoms with E-state index in [-0.39, 0.29) is 17.1 Å². The highest BCUT2D eigenvalue weighted by molar-refractivity contribution is 7.88. The summed E-state index contributed by atoms with van der Waals surface area (Å²) in [4.78, 5) is 13.9. The Morgan fingerprint density at radius 3 is 2.58 bits per heavy atom. The van der Waals surface area contributed by atoms with Crippen molar-refractivity contribution in [2.24, 2.45) is 5.41 Å². The Morgan fingerprint density at radius 2 is 1.88 bits per heavy atom. The van der Waals surface area contributed by atoms with E-state index in [1.54, 1.807) is 4.31 Å². The first-order valence-corrected chi connectivity index (χ1v) is 10.3. The molecule has 0 radical (unpaired) electrons. The third kappa shape index (κ3) is 3.64. The number of hydrogen-bond donors (Lipinski definition) is 0. The number of nitrogens with zero attached hydrogens (tertiary/aromatic N) is 2. The first-order valence-electron chi connectivity index (χ1n) is 8.74. The molecule has 1 atom stereocenters. The lowest BCUT2D eigenvalue weighted by Gasteiger charge is -2.47. The number of sulfonamides is 1. The minimum absolute atomic E-state index is 0.0559. The van der Waals surface area contributed by atoms with Crippen LogP contribution in [0.15, 0.2) is 30.3 Å². The number of hydrogen-bond acceptors (Lipinski definition) is 3. The van der Waals surface area contributed by atoms with Gasteiger partial charge in [-0.2, -0.15) is 0 Å². The molecular weight excluding hydrogens is 324 g/mol. The van der Waals surface area contributed by atoms with Gasteiger partial charge in [0.25, 0.3) is 0 Å². The Hall–Kier alpha value is -1.40. The van der Waals surface area contributed by atoms with E-state index in [1.165, 1.54) is 0 Å². The van der Waals surface area contributed by atoms with E-state index < -0.39 is 10.0 Å². The SMILES string of the molecule is CCN1C[C@]2(CCCN(S(=O)(=O)Cc3ccccc3)C2)CCC1=O. The van der Waals surface area contributed by atoms with Gasteiger partial charge in [0.05, 0.1) is 5.75 Å². The first kappa shape index (κ1) is 17.4.